The first-order chi connectivity index (χ1) is 16.7. The van der Waals surface area contributed by atoms with E-state index in [0.717, 1.165) is 62.0 Å². The van der Waals surface area contributed by atoms with Gasteiger partial charge in [-0.2, -0.15) is 0 Å². The van der Waals surface area contributed by atoms with Crippen molar-refractivity contribution in [3.05, 3.63) is 107 Å². The highest BCUT2D eigenvalue weighted by atomic mass is 16.5. The second-order valence-corrected chi connectivity index (χ2v) is 8.73. The van der Waals surface area contributed by atoms with Crippen molar-refractivity contribution in [2.75, 3.05) is 19.7 Å². The lowest BCUT2D eigenvalue weighted by Crippen LogP contribution is -2.27. The van der Waals surface area contributed by atoms with Crippen LogP contribution in [-0.2, 0) is 20.0 Å². The van der Waals surface area contributed by atoms with Crippen molar-refractivity contribution < 1.29 is 4.74 Å². The molecule has 0 saturated heterocycles. The number of fused-ring (bicyclic) bond motifs is 1. The molecule has 176 valence electrons. The third-order valence-corrected chi connectivity index (χ3v) is 6.17. The fourth-order valence-electron chi connectivity index (χ4n) is 4.20. The monoisotopic (exact) mass is 455 g/mol. The van der Waals surface area contributed by atoms with Gasteiger partial charge in [0.2, 0.25) is 0 Å². The lowest BCUT2D eigenvalue weighted by Gasteiger charge is -2.22. The normalized spacial score (nSPS) is 11.2. The number of pyridine rings is 2. The highest BCUT2D eigenvalue weighted by Gasteiger charge is 2.07. The summed E-state index contributed by atoms with van der Waals surface area (Å²) in [6.07, 6.45) is 8.09. The van der Waals surface area contributed by atoms with E-state index in [1.807, 2.05) is 42.7 Å². The number of unbranched alkanes of at least 4 members (excludes halogenated alkanes) is 2. The molecule has 0 spiro atoms. The molecule has 0 saturated carbocycles. The molecule has 4 rings (SSSR count). The Morgan fingerprint density at radius 3 is 2.56 bits per heavy atom. The zero-order chi connectivity index (χ0) is 23.6. The number of aryl methyl sites for hydroxylation is 1. The smallest absolute Gasteiger partial charge is 0.250 e. The molecule has 5 heteroatoms. The average molecular weight is 456 g/mol. The minimum atomic E-state index is 0.00270. The summed E-state index contributed by atoms with van der Waals surface area (Å²) in [5.41, 5.74) is 3.56. The molecule has 4 aromatic rings. The van der Waals surface area contributed by atoms with Crippen LogP contribution in [0.15, 0.2) is 90.0 Å². The number of benzene rings is 2. The topological polar surface area (TPSA) is 47.4 Å². The van der Waals surface area contributed by atoms with Crippen molar-refractivity contribution in [1.29, 1.82) is 0 Å². The Morgan fingerprint density at radius 1 is 0.882 bits per heavy atom. The Kier molecular flexibility index (Phi) is 8.47. The molecule has 2 aromatic heterocycles. The minimum absolute atomic E-state index is 0.00270. The van der Waals surface area contributed by atoms with E-state index in [9.17, 15) is 4.79 Å². The van der Waals surface area contributed by atoms with Crippen molar-refractivity contribution in [3.63, 3.8) is 0 Å². The molecule has 0 N–H and O–H groups in total. The lowest BCUT2D eigenvalue weighted by molar-refractivity contribution is 0.254. The van der Waals surface area contributed by atoms with E-state index in [-0.39, 0.29) is 5.56 Å². The molecule has 0 aliphatic rings. The molecule has 2 heterocycles. The number of hydrogen-bond donors (Lipinski definition) is 0. The molecule has 0 atom stereocenters. The Hall–Kier alpha value is -3.44. The fourth-order valence-corrected chi connectivity index (χ4v) is 4.20. The van der Waals surface area contributed by atoms with Crippen LogP contribution in [0.5, 0.6) is 5.75 Å². The summed E-state index contributed by atoms with van der Waals surface area (Å²) in [6, 6.07) is 24.2. The molecule has 0 aliphatic heterocycles. The van der Waals surface area contributed by atoms with Crippen LogP contribution in [0, 0.1) is 0 Å². The number of aromatic nitrogens is 2. The van der Waals surface area contributed by atoms with Crippen molar-refractivity contribution in [3.8, 4) is 5.75 Å². The molecule has 34 heavy (non-hydrogen) atoms. The molecule has 0 amide bonds. The second kappa shape index (κ2) is 12.1. The van der Waals surface area contributed by atoms with Gasteiger partial charge >= 0.3 is 0 Å². The number of rotatable bonds is 12. The molecular weight excluding hydrogens is 422 g/mol. The molecule has 5 nitrogen and oxygen atoms in total. The first-order valence-electron chi connectivity index (χ1n) is 12.1. The Labute approximate surface area is 201 Å². The van der Waals surface area contributed by atoms with E-state index in [0.29, 0.717) is 6.61 Å². The van der Waals surface area contributed by atoms with Gasteiger partial charge in [0.25, 0.3) is 5.56 Å². The van der Waals surface area contributed by atoms with Crippen LogP contribution in [-0.4, -0.2) is 34.1 Å². The maximum Gasteiger partial charge on any atom is 0.250 e. The van der Waals surface area contributed by atoms with E-state index in [1.54, 1.807) is 17.7 Å². The van der Waals surface area contributed by atoms with Crippen molar-refractivity contribution >= 4 is 10.9 Å². The molecular formula is C29H33N3O2. The molecule has 0 fully saturated rings. The number of ether oxygens (including phenoxy) is 1. The van der Waals surface area contributed by atoms with Crippen molar-refractivity contribution in [2.24, 2.45) is 7.05 Å². The molecule has 0 unspecified atom stereocenters. The standard InChI is InChI=1S/C29H33N3O2/c1-31-28-14-13-27(21-26(28)12-15-29(31)33)34-20-7-3-6-18-32(23-25-9-4-2-5-10-25)19-16-24-11-8-17-30-22-24/h2,4-5,8-15,17,21-22H,3,6-7,16,18-20,23H2,1H3. The van der Waals surface area contributed by atoms with Gasteiger partial charge in [-0.25, -0.2) is 0 Å². The van der Waals surface area contributed by atoms with Crippen LogP contribution >= 0.6 is 0 Å². The summed E-state index contributed by atoms with van der Waals surface area (Å²) < 4.78 is 7.65. The Balaban J connectivity index is 1.23. The summed E-state index contributed by atoms with van der Waals surface area (Å²) in [7, 11) is 1.79. The van der Waals surface area contributed by atoms with Crippen LogP contribution in [0.25, 0.3) is 10.9 Å². The van der Waals surface area contributed by atoms with Gasteiger partial charge in [0.15, 0.2) is 0 Å². The van der Waals surface area contributed by atoms with E-state index in [1.165, 1.54) is 11.1 Å². The zero-order valence-electron chi connectivity index (χ0n) is 19.9. The van der Waals surface area contributed by atoms with E-state index in [2.05, 4.69) is 46.3 Å². The molecule has 0 radical (unpaired) electrons. The number of hydrogen-bond acceptors (Lipinski definition) is 4. The second-order valence-electron chi connectivity index (χ2n) is 8.73. The number of nitrogens with zero attached hydrogens (tertiary/aromatic N) is 3. The maximum absolute atomic E-state index is 11.8. The van der Waals surface area contributed by atoms with Gasteiger partial charge in [-0.1, -0.05) is 36.4 Å². The van der Waals surface area contributed by atoms with Crippen LogP contribution in [0.4, 0.5) is 0 Å². The lowest BCUT2D eigenvalue weighted by atomic mass is 10.1. The van der Waals surface area contributed by atoms with E-state index < -0.39 is 0 Å². The quantitative estimate of drug-likeness (QED) is 0.275. The van der Waals surface area contributed by atoms with Gasteiger partial charge in [-0.3, -0.25) is 14.7 Å². The third kappa shape index (κ3) is 6.78. The largest absolute Gasteiger partial charge is 0.494 e. The van der Waals surface area contributed by atoms with Gasteiger partial charge in [-0.15, -0.1) is 0 Å². The summed E-state index contributed by atoms with van der Waals surface area (Å²) in [4.78, 5) is 18.6. The van der Waals surface area contributed by atoms with Crippen LogP contribution in [0.2, 0.25) is 0 Å². The van der Waals surface area contributed by atoms with Crippen LogP contribution in [0.1, 0.15) is 30.4 Å². The van der Waals surface area contributed by atoms with Crippen LogP contribution < -0.4 is 10.3 Å². The SMILES string of the molecule is Cn1c(=O)ccc2cc(OCCCCCN(CCc3cccnc3)Cc3ccccc3)ccc21. The van der Waals surface area contributed by atoms with Gasteiger partial charge in [0, 0.05) is 44.0 Å². The van der Waals surface area contributed by atoms with Gasteiger partial charge in [0.1, 0.15) is 5.75 Å². The van der Waals surface area contributed by atoms with E-state index >= 15 is 0 Å². The summed E-state index contributed by atoms with van der Waals surface area (Å²) in [5.74, 6) is 0.855. The maximum atomic E-state index is 11.8. The Bertz CT molecular complexity index is 1220. The predicted molar refractivity (Wildman–Crippen MR) is 138 cm³/mol. The first kappa shape index (κ1) is 23.7. The van der Waals surface area contributed by atoms with Crippen LogP contribution in [0.3, 0.4) is 0 Å². The van der Waals surface area contributed by atoms with Gasteiger partial charge < -0.3 is 9.30 Å². The summed E-state index contributed by atoms with van der Waals surface area (Å²) in [5, 5.41) is 1.02. The highest BCUT2D eigenvalue weighted by Crippen LogP contribution is 2.19. The highest BCUT2D eigenvalue weighted by molar-refractivity contribution is 5.80. The van der Waals surface area contributed by atoms with Crippen molar-refractivity contribution in [1.82, 2.24) is 14.5 Å². The molecule has 2 aromatic carbocycles. The molecule has 0 bridgehead atoms. The summed E-state index contributed by atoms with van der Waals surface area (Å²) >= 11 is 0. The third-order valence-electron chi connectivity index (χ3n) is 6.17. The first-order valence-corrected chi connectivity index (χ1v) is 12.1. The fraction of sp³-hybridized carbons (Fsp3) is 0.310. The summed E-state index contributed by atoms with van der Waals surface area (Å²) in [6.45, 7) is 3.76. The average Bonchev–Trinajstić information content (AvgIpc) is 2.88. The molecule has 0 aliphatic carbocycles. The Morgan fingerprint density at radius 2 is 1.74 bits per heavy atom. The van der Waals surface area contributed by atoms with Gasteiger partial charge in [-0.05, 0) is 73.7 Å². The minimum Gasteiger partial charge on any atom is -0.494 e. The zero-order valence-corrected chi connectivity index (χ0v) is 19.9. The van der Waals surface area contributed by atoms with E-state index in [4.69, 9.17) is 4.74 Å². The van der Waals surface area contributed by atoms with Crippen molar-refractivity contribution in [2.45, 2.75) is 32.2 Å². The van der Waals surface area contributed by atoms with Gasteiger partial charge in [0.05, 0.1) is 12.1 Å². The predicted octanol–water partition coefficient (Wildman–Crippen LogP) is 5.23.